The van der Waals surface area contributed by atoms with Crippen molar-refractivity contribution in [2.45, 2.75) is 44.6 Å². The van der Waals surface area contributed by atoms with Crippen LogP contribution < -0.4 is 10.6 Å². The van der Waals surface area contributed by atoms with Crippen LogP contribution in [0.15, 0.2) is 6.20 Å². The maximum absolute atomic E-state index is 13.4. The molecular formula is C15H26FN5. The molecule has 0 saturated heterocycles. The SMILES string of the molecule is CCN(C)C1(CNc2ncc(F)c(NC)n2)CCCCC1. The molecule has 1 heterocycles. The Morgan fingerprint density at radius 1 is 1.33 bits per heavy atom. The summed E-state index contributed by atoms with van der Waals surface area (Å²) in [4.78, 5) is 10.6. The zero-order valence-corrected chi connectivity index (χ0v) is 13.2. The van der Waals surface area contributed by atoms with Crippen LogP contribution in [0.2, 0.25) is 0 Å². The van der Waals surface area contributed by atoms with Gasteiger partial charge in [-0.2, -0.15) is 4.98 Å². The molecule has 0 aromatic carbocycles. The van der Waals surface area contributed by atoms with E-state index in [0.29, 0.717) is 5.95 Å². The maximum atomic E-state index is 13.4. The van der Waals surface area contributed by atoms with Crippen molar-refractivity contribution >= 4 is 11.8 Å². The first-order chi connectivity index (χ1) is 10.1. The zero-order valence-electron chi connectivity index (χ0n) is 13.2. The lowest BCUT2D eigenvalue weighted by Crippen LogP contribution is -2.52. The highest BCUT2D eigenvalue weighted by molar-refractivity contribution is 5.40. The number of aromatic nitrogens is 2. The van der Waals surface area contributed by atoms with E-state index in [1.165, 1.54) is 38.3 Å². The summed E-state index contributed by atoms with van der Waals surface area (Å²) < 4.78 is 13.4. The topological polar surface area (TPSA) is 53.1 Å². The molecule has 21 heavy (non-hydrogen) atoms. The summed E-state index contributed by atoms with van der Waals surface area (Å²) >= 11 is 0. The predicted octanol–water partition coefficient (Wildman–Crippen LogP) is 2.72. The summed E-state index contributed by atoms with van der Waals surface area (Å²) in [5.41, 5.74) is 0.157. The molecule has 1 aliphatic rings. The molecule has 1 saturated carbocycles. The van der Waals surface area contributed by atoms with Crippen molar-refractivity contribution in [1.29, 1.82) is 0 Å². The van der Waals surface area contributed by atoms with Gasteiger partial charge >= 0.3 is 0 Å². The molecule has 2 rings (SSSR count). The van der Waals surface area contributed by atoms with E-state index in [4.69, 9.17) is 0 Å². The van der Waals surface area contributed by atoms with Gasteiger partial charge in [-0.15, -0.1) is 0 Å². The third-order valence-corrected chi connectivity index (χ3v) is 4.62. The molecule has 2 N–H and O–H groups in total. The van der Waals surface area contributed by atoms with E-state index in [9.17, 15) is 4.39 Å². The van der Waals surface area contributed by atoms with Gasteiger partial charge in [-0.3, -0.25) is 4.90 Å². The number of rotatable bonds is 6. The van der Waals surface area contributed by atoms with Gasteiger partial charge in [-0.1, -0.05) is 26.2 Å². The molecule has 0 atom stereocenters. The van der Waals surface area contributed by atoms with Crippen LogP contribution in [0.4, 0.5) is 16.2 Å². The second-order valence-corrected chi connectivity index (χ2v) is 5.79. The van der Waals surface area contributed by atoms with Crippen LogP contribution in [0.3, 0.4) is 0 Å². The number of likely N-dealkylation sites (N-methyl/N-ethyl adjacent to an activating group) is 1. The minimum absolute atomic E-state index is 0.157. The van der Waals surface area contributed by atoms with Crippen molar-refractivity contribution in [2.24, 2.45) is 0 Å². The maximum Gasteiger partial charge on any atom is 0.224 e. The first-order valence-electron chi connectivity index (χ1n) is 7.77. The van der Waals surface area contributed by atoms with E-state index < -0.39 is 5.82 Å². The van der Waals surface area contributed by atoms with E-state index in [-0.39, 0.29) is 11.4 Å². The highest BCUT2D eigenvalue weighted by Gasteiger charge is 2.35. The quantitative estimate of drug-likeness (QED) is 0.845. The summed E-state index contributed by atoms with van der Waals surface area (Å²) in [5.74, 6) is 0.283. The summed E-state index contributed by atoms with van der Waals surface area (Å²) in [7, 11) is 3.83. The average molecular weight is 295 g/mol. The first kappa shape index (κ1) is 15.9. The summed E-state index contributed by atoms with van der Waals surface area (Å²) in [6.45, 7) is 4.00. The molecular weight excluding hydrogens is 269 g/mol. The van der Waals surface area contributed by atoms with Crippen molar-refractivity contribution in [3.63, 3.8) is 0 Å². The lowest BCUT2D eigenvalue weighted by atomic mass is 9.80. The van der Waals surface area contributed by atoms with Crippen molar-refractivity contribution in [3.8, 4) is 0 Å². The fourth-order valence-electron chi connectivity index (χ4n) is 3.11. The van der Waals surface area contributed by atoms with Crippen LogP contribution in [-0.4, -0.2) is 47.6 Å². The number of nitrogens with zero attached hydrogens (tertiary/aromatic N) is 3. The van der Waals surface area contributed by atoms with Gasteiger partial charge in [0.05, 0.1) is 6.20 Å². The second kappa shape index (κ2) is 7.02. The number of hydrogen-bond acceptors (Lipinski definition) is 5. The molecule has 1 fully saturated rings. The second-order valence-electron chi connectivity index (χ2n) is 5.79. The third kappa shape index (κ3) is 3.61. The Balaban J connectivity index is 2.08. The number of halogens is 1. The Hall–Kier alpha value is -1.43. The summed E-state index contributed by atoms with van der Waals surface area (Å²) in [5, 5.41) is 6.04. The van der Waals surface area contributed by atoms with Crippen molar-refractivity contribution < 1.29 is 4.39 Å². The molecule has 1 aromatic rings. The molecule has 6 heteroatoms. The van der Waals surface area contributed by atoms with Gasteiger partial charge in [-0.25, -0.2) is 9.37 Å². The lowest BCUT2D eigenvalue weighted by molar-refractivity contribution is 0.0921. The van der Waals surface area contributed by atoms with Gasteiger partial charge in [0.2, 0.25) is 5.95 Å². The molecule has 0 bridgehead atoms. The van der Waals surface area contributed by atoms with Crippen LogP contribution in [0.1, 0.15) is 39.0 Å². The van der Waals surface area contributed by atoms with E-state index >= 15 is 0 Å². The number of nitrogens with one attached hydrogen (secondary N) is 2. The summed E-state index contributed by atoms with van der Waals surface area (Å²) in [6, 6.07) is 0. The monoisotopic (exact) mass is 295 g/mol. The summed E-state index contributed by atoms with van der Waals surface area (Å²) in [6.07, 6.45) is 7.42. The number of hydrogen-bond donors (Lipinski definition) is 2. The Kier molecular flexibility index (Phi) is 5.33. The smallest absolute Gasteiger partial charge is 0.224 e. The molecule has 0 unspecified atom stereocenters. The van der Waals surface area contributed by atoms with Crippen molar-refractivity contribution in [3.05, 3.63) is 12.0 Å². The highest BCUT2D eigenvalue weighted by Crippen LogP contribution is 2.33. The minimum Gasteiger partial charge on any atom is -0.371 e. The minimum atomic E-state index is -0.430. The molecule has 1 aliphatic carbocycles. The van der Waals surface area contributed by atoms with Gasteiger partial charge < -0.3 is 10.6 Å². The molecule has 0 spiro atoms. The lowest BCUT2D eigenvalue weighted by Gasteiger charge is -2.44. The van der Waals surface area contributed by atoms with Crippen molar-refractivity contribution in [1.82, 2.24) is 14.9 Å². The predicted molar refractivity (Wildman–Crippen MR) is 84.1 cm³/mol. The van der Waals surface area contributed by atoms with Crippen LogP contribution in [-0.2, 0) is 0 Å². The van der Waals surface area contributed by atoms with E-state index in [1.807, 2.05) is 0 Å². The largest absolute Gasteiger partial charge is 0.371 e. The Labute approximate surface area is 126 Å². The average Bonchev–Trinajstić information content (AvgIpc) is 2.54. The molecule has 1 aromatic heterocycles. The van der Waals surface area contributed by atoms with Gasteiger partial charge in [-0.05, 0) is 26.4 Å². The van der Waals surface area contributed by atoms with Gasteiger partial charge in [0.1, 0.15) is 0 Å². The van der Waals surface area contributed by atoms with E-state index in [1.54, 1.807) is 7.05 Å². The Morgan fingerprint density at radius 3 is 2.67 bits per heavy atom. The van der Waals surface area contributed by atoms with Gasteiger partial charge in [0.25, 0.3) is 0 Å². The van der Waals surface area contributed by atoms with Crippen LogP contribution in [0.25, 0.3) is 0 Å². The third-order valence-electron chi connectivity index (χ3n) is 4.62. The standard InChI is InChI=1S/C15H26FN5/c1-4-21(3)15(8-6-5-7-9-15)11-19-14-18-10-12(16)13(17-2)20-14/h10H,4-9,11H2,1-3H3,(H2,17,18,19,20). The Bertz CT molecular complexity index is 459. The van der Waals surface area contributed by atoms with Gasteiger partial charge in [0, 0.05) is 19.1 Å². The van der Waals surface area contributed by atoms with Crippen LogP contribution in [0.5, 0.6) is 0 Å². The molecule has 0 amide bonds. The number of anilines is 2. The van der Waals surface area contributed by atoms with Crippen molar-refractivity contribution in [2.75, 3.05) is 37.8 Å². The molecule has 0 radical (unpaired) electrons. The normalized spacial score (nSPS) is 17.8. The highest BCUT2D eigenvalue weighted by atomic mass is 19.1. The van der Waals surface area contributed by atoms with E-state index in [2.05, 4.69) is 39.5 Å². The fraction of sp³-hybridized carbons (Fsp3) is 0.733. The first-order valence-corrected chi connectivity index (χ1v) is 7.77. The molecule has 118 valence electrons. The zero-order chi connectivity index (χ0) is 15.3. The molecule has 0 aliphatic heterocycles. The molecule has 5 nitrogen and oxygen atoms in total. The van der Waals surface area contributed by atoms with E-state index in [0.717, 1.165) is 13.1 Å². The van der Waals surface area contributed by atoms with Crippen LogP contribution in [0, 0.1) is 5.82 Å². The Morgan fingerprint density at radius 2 is 2.05 bits per heavy atom. The van der Waals surface area contributed by atoms with Gasteiger partial charge in [0.15, 0.2) is 11.6 Å². The van der Waals surface area contributed by atoms with Crippen LogP contribution >= 0.6 is 0 Å². The fourth-order valence-corrected chi connectivity index (χ4v) is 3.11.